The van der Waals surface area contributed by atoms with Gasteiger partial charge in [-0.05, 0) is 43.0 Å². The van der Waals surface area contributed by atoms with Crippen LogP contribution in [0.3, 0.4) is 0 Å². The number of benzene rings is 2. The van der Waals surface area contributed by atoms with Crippen molar-refractivity contribution in [2.45, 2.75) is 24.2 Å². The van der Waals surface area contributed by atoms with Gasteiger partial charge in [-0.3, -0.25) is 4.79 Å². The Morgan fingerprint density at radius 3 is 2.70 bits per heavy atom. The van der Waals surface area contributed by atoms with Gasteiger partial charge in [0, 0.05) is 26.2 Å². The molecule has 2 fully saturated rings. The number of H-pyrrole nitrogens is 1. The van der Waals surface area contributed by atoms with Crippen molar-refractivity contribution in [3.63, 3.8) is 0 Å². The Labute approximate surface area is 175 Å². The third kappa shape index (κ3) is 3.20. The molecule has 30 heavy (non-hydrogen) atoms. The number of aromatic nitrogens is 2. The largest absolute Gasteiger partial charge is 0.345 e. The third-order valence-electron chi connectivity index (χ3n) is 6.46. The molecule has 8 heteroatoms. The number of hydrogen-bond acceptors (Lipinski definition) is 4. The number of sulfonamides is 1. The minimum atomic E-state index is -3.65. The summed E-state index contributed by atoms with van der Waals surface area (Å²) in [6.45, 7) is 2.01. The van der Waals surface area contributed by atoms with E-state index in [4.69, 9.17) is 0 Å². The highest BCUT2D eigenvalue weighted by Gasteiger charge is 2.52. The molecule has 1 N–H and O–H groups in total. The second-order valence-electron chi connectivity index (χ2n) is 8.23. The SMILES string of the molecule is O=C1N(CCc2ccccc2)CCC12CCN(S(=O)(=O)c1ccc3nc[nH]c3c1)C2. The van der Waals surface area contributed by atoms with Crippen molar-refractivity contribution in [2.75, 3.05) is 26.2 Å². The molecule has 3 aromatic rings. The first kappa shape index (κ1) is 19.3. The van der Waals surface area contributed by atoms with Gasteiger partial charge in [-0.2, -0.15) is 4.31 Å². The Morgan fingerprint density at radius 1 is 1.07 bits per heavy atom. The lowest BCUT2D eigenvalue weighted by Crippen LogP contribution is -2.39. The molecule has 1 amide bonds. The van der Waals surface area contributed by atoms with Crippen molar-refractivity contribution in [1.29, 1.82) is 0 Å². The van der Waals surface area contributed by atoms with E-state index in [1.54, 1.807) is 24.5 Å². The van der Waals surface area contributed by atoms with Crippen LogP contribution in [0.1, 0.15) is 18.4 Å². The minimum Gasteiger partial charge on any atom is -0.345 e. The first-order valence-electron chi connectivity index (χ1n) is 10.2. The molecule has 1 atom stereocenters. The second kappa shape index (κ2) is 7.21. The molecular weight excluding hydrogens is 400 g/mol. The maximum atomic E-state index is 13.2. The lowest BCUT2D eigenvalue weighted by Gasteiger charge is -2.23. The molecule has 2 saturated heterocycles. The molecule has 1 spiro atoms. The zero-order valence-corrected chi connectivity index (χ0v) is 17.4. The molecule has 7 nitrogen and oxygen atoms in total. The zero-order chi connectivity index (χ0) is 20.8. The van der Waals surface area contributed by atoms with Gasteiger partial charge in [-0.15, -0.1) is 0 Å². The fourth-order valence-corrected chi connectivity index (χ4v) is 6.21. The van der Waals surface area contributed by atoms with E-state index in [-0.39, 0.29) is 17.3 Å². The summed E-state index contributed by atoms with van der Waals surface area (Å²) < 4.78 is 27.9. The van der Waals surface area contributed by atoms with E-state index in [1.165, 1.54) is 9.87 Å². The van der Waals surface area contributed by atoms with Crippen LogP contribution in [0.2, 0.25) is 0 Å². The Hall–Kier alpha value is -2.71. The number of amides is 1. The normalized spacial score (nSPS) is 22.5. The van der Waals surface area contributed by atoms with Gasteiger partial charge in [0.1, 0.15) is 0 Å². The summed E-state index contributed by atoms with van der Waals surface area (Å²) in [7, 11) is -3.65. The summed E-state index contributed by atoms with van der Waals surface area (Å²) in [5.41, 5.74) is 2.04. The number of imidazole rings is 1. The second-order valence-corrected chi connectivity index (χ2v) is 10.2. The molecule has 2 aliphatic rings. The number of fused-ring (bicyclic) bond motifs is 1. The van der Waals surface area contributed by atoms with E-state index in [0.29, 0.717) is 38.0 Å². The molecule has 0 radical (unpaired) electrons. The van der Waals surface area contributed by atoms with Crippen molar-refractivity contribution >= 4 is 27.0 Å². The zero-order valence-electron chi connectivity index (χ0n) is 16.6. The fraction of sp³-hybridized carbons (Fsp3) is 0.364. The summed E-state index contributed by atoms with van der Waals surface area (Å²) in [5.74, 6) is 0.0974. The standard InChI is InChI=1S/C22H24N4O3S/c27-21-22(9-12-25(21)11-8-17-4-2-1-3-5-17)10-13-26(15-22)30(28,29)18-6-7-19-20(14-18)24-16-23-19/h1-7,14,16H,8-13,15H2,(H,23,24). The van der Waals surface area contributed by atoms with Crippen LogP contribution in [-0.4, -0.2) is 59.7 Å². The van der Waals surface area contributed by atoms with Crippen LogP contribution >= 0.6 is 0 Å². The van der Waals surface area contributed by atoms with Crippen LogP contribution in [0.15, 0.2) is 59.8 Å². The van der Waals surface area contributed by atoms with E-state index >= 15 is 0 Å². The number of likely N-dealkylation sites (tertiary alicyclic amines) is 1. The summed E-state index contributed by atoms with van der Waals surface area (Å²) in [6, 6.07) is 15.0. The Morgan fingerprint density at radius 2 is 1.87 bits per heavy atom. The molecule has 0 saturated carbocycles. The van der Waals surface area contributed by atoms with Gasteiger partial charge in [0.2, 0.25) is 15.9 Å². The Balaban J connectivity index is 1.30. The number of carbonyl (C=O) groups excluding carboxylic acids is 1. The van der Waals surface area contributed by atoms with Gasteiger partial charge in [0.25, 0.3) is 0 Å². The fourth-order valence-electron chi connectivity index (χ4n) is 4.66. The number of rotatable bonds is 5. The minimum absolute atomic E-state index is 0.0974. The molecule has 3 heterocycles. The quantitative estimate of drug-likeness (QED) is 0.682. The third-order valence-corrected chi connectivity index (χ3v) is 8.30. The summed E-state index contributed by atoms with van der Waals surface area (Å²) in [4.78, 5) is 22.4. The van der Waals surface area contributed by atoms with E-state index in [0.717, 1.165) is 11.9 Å². The smallest absolute Gasteiger partial charge is 0.243 e. The van der Waals surface area contributed by atoms with Crippen molar-refractivity contribution in [3.8, 4) is 0 Å². The van der Waals surface area contributed by atoms with Gasteiger partial charge in [0.15, 0.2) is 0 Å². The van der Waals surface area contributed by atoms with Crippen LogP contribution in [0.25, 0.3) is 11.0 Å². The van der Waals surface area contributed by atoms with Crippen LogP contribution in [-0.2, 0) is 21.2 Å². The Bertz CT molecular complexity index is 1190. The van der Waals surface area contributed by atoms with Gasteiger partial charge in [-0.25, -0.2) is 13.4 Å². The van der Waals surface area contributed by atoms with E-state index < -0.39 is 15.4 Å². The topological polar surface area (TPSA) is 86.4 Å². The monoisotopic (exact) mass is 424 g/mol. The maximum Gasteiger partial charge on any atom is 0.243 e. The van der Waals surface area contributed by atoms with Crippen LogP contribution in [0, 0.1) is 5.41 Å². The number of aromatic amines is 1. The van der Waals surface area contributed by atoms with Gasteiger partial charge in [0.05, 0.1) is 27.7 Å². The lowest BCUT2D eigenvalue weighted by atomic mass is 9.86. The first-order valence-corrected chi connectivity index (χ1v) is 11.7. The van der Waals surface area contributed by atoms with E-state index in [1.807, 2.05) is 23.1 Å². The van der Waals surface area contributed by atoms with Crippen molar-refractivity contribution < 1.29 is 13.2 Å². The van der Waals surface area contributed by atoms with Crippen LogP contribution in [0.5, 0.6) is 0 Å². The highest BCUT2D eigenvalue weighted by atomic mass is 32.2. The average molecular weight is 425 g/mol. The number of hydrogen-bond donors (Lipinski definition) is 1. The molecule has 2 aromatic carbocycles. The van der Waals surface area contributed by atoms with Crippen molar-refractivity contribution in [2.24, 2.45) is 5.41 Å². The maximum absolute atomic E-state index is 13.2. The van der Waals surface area contributed by atoms with Crippen LogP contribution < -0.4 is 0 Å². The number of nitrogens with one attached hydrogen (secondary N) is 1. The van der Waals surface area contributed by atoms with Crippen molar-refractivity contribution in [1.82, 2.24) is 19.2 Å². The molecule has 0 bridgehead atoms. The summed E-state index contributed by atoms with van der Waals surface area (Å²) in [6.07, 6.45) is 3.66. The highest BCUT2D eigenvalue weighted by Crippen LogP contribution is 2.42. The Kier molecular flexibility index (Phi) is 4.63. The molecule has 0 aliphatic carbocycles. The highest BCUT2D eigenvalue weighted by molar-refractivity contribution is 7.89. The summed E-state index contributed by atoms with van der Waals surface area (Å²) >= 11 is 0. The predicted molar refractivity (Wildman–Crippen MR) is 113 cm³/mol. The average Bonchev–Trinajstić information content (AvgIpc) is 3.48. The van der Waals surface area contributed by atoms with Crippen molar-refractivity contribution in [3.05, 3.63) is 60.4 Å². The predicted octanol–water partition coefficient (Wildman–Crippen LogP) is 2.42. The summed E-state index contributed by atoms with van der Waals surface area (Å²) in [5, 5.41) is 0. The first-order chi connectivity index (χ1) is 14.5. The lowest BCUT2D eigenvalue weighted by molar-refractivity contribution is -0.135. The van der Waals surface area contributed by atoms with E-state index in [2.05, 4.69) is 22.1 Å². The van der Waals surface area contributed by atoms with Gasteiger partial charge in [-0.1, -0.05) is 30.3 Å². The van der Waals surface area contributed by atoms with Gasteiger partial charge < -0.3 is 9.88 Å². The molecule has 5 rings (SSSR count). The van der Waals surface area contributed by atoms with Crippen LogP contribution in [0.4, 0.5) is 0 Å². The van der Waals surface area contributed by atoms with E-state index in [9.17, 15) is 13.2 Å². The number of carbonyl (C=O) groups is 1. The molecule has 156 valence electrons. The molecule has 2 aliphatic heterocycles. The molecular formula is C22H24N4O3S. The van der Waals surface area contributed by atoms with Gasteiger partial charge >= 0.3 is 0 Å². The molecule has 1 unspecified atom stereocenters. The molecule has 1 aromatic heterocycles. The number of nitrogens with zero attached hydrogens (tertiary/aromatic N) is 3.